The number of benzene rings is 1. The summed E-state index contributed by atoms with van der Waals surface area (Å²) < 4.78 is 0. The number of hydrogen-bond acceptors (Lipinski definition) is 2. The molecule has 0 aliphatic rings. The summed E-state index contributed by atoms with van der Waals surface area (Å²) in [5.41, 5.74) is 14.0. The fraction of sp³-hybridized carbons (Fsp3) is 0.0909. The maximum absolute atomic E-state index is 5.80. The van der Waals surface area contributed by atoms with E-state index in [1.807, 2.05) is 31.2 Å². The van der Waals surface area contributed by atoms with Crippen molar-refractivity contribution in [1.82, 2.24) is 0 Å². The second-order valence-electron chi connectivity index (χ2n) is 2.88. The molecule has 0 atom stereocenters. The maximum atomic E-state index is 5.80. The molecule has 0 saturated heterocycles. The number of hydrogen-bond donors (Lipinski definition) is 2. The lowest BCUT2D eigenvalue weighted by atomic mass is 10.1. The fourth-order valence-corrected chi connectivity index (χ4v) is 1.08. The van der Waals surface area contributed by atoms with Crippen LogP contribution in [0.2, 0.25) is 0 Å². The van der Waals surface area contributed by atoms with Gasteiger partial charge in [0, 0.05) is 5.70 Å². The van der Waals surface area contributed by atoms with Crippen LogP contribution in [0, 0.1) is 6.92 Å². The Bertz CT molecular complexity index is 338. The second kappa shape index (κ2) is 4.36. The van der Waals surface area contributed by atoms with Gasteiger partial charge in [-0.05, 0) is 36.9 Å². The van der Waals surface area contributed by atoms with E-state index >= 15 is 0 Å². The molecule has 0 aromatic heterocycles. The van der Waals surface area contributed by atoms with Gasteiger partial charge in [-0.3, -0.25) is 0 Å². The minimum Gasteiger partial charge on any atom is -0.405 e. The summed E-state index contributed by atoms with van der Waals surface area (Å²) >= 11 is 0. The first kappa shape index (κ1) is 9.39. The molecule has 0 amide bonds. The summed E-state index contributed by atoms with van der Waals surface area (Å²) in [6, 6.07) is 8.03. The highest BCUT2D eigenvalue weighted by molar-refractivity contribution is 5.64. The Labute approximate surface area is 78.6 Å². The zero-order valence-corrected chi connectivity index (χ0v) is 7.70. The lowest BCUT2D eigenvalue weighted by molar-refractivity contribution is 1.42. The van der Waals surface area contributed by atoms with Crippen LogP contribution < -0.4 is 11.5 Å². The molecule has 1 aromatic rings. The maximum Gasteiger partial charge on any atom is 0.0388 e. The summed E-state index contributed by atoms with van der Waals surface area (Å²) in [5.74, 6) is 0. The van der Waals surface area contributed by atoms with Crippen LogP contribution in [0.1, 0.15) is 11.1 Å². The van der Waals surface area contributed by atoms with Crippen molar-refractivity contribution >= 4 is 5.70 Å². The van der Waals surface area contributed by atoms with Gasteiger partial charge in [-0.2, -0.15) is 0 Å². The lowest BCUT2D eigenvalue weighted by Gasteiger charge is -2.01. The zero-order valence-electron chi connectivity index (χ0n) is 7.70. The predicted octanol–water partition coefficient (Wildman–Crippen LogP) is 1.77. The van der Waals surface area contributed by atoms with Gasteiger partial charge < -0.3 is 11.5 Å². The standard InChI is InChI=1S/C11H14N2/c1-9-4-2-5-10(8-9)11(13)6-3-7-12/h2-8H,12-13H2,1H3/b7-3-,11-6-. The van der Waals surface area contributed by atoms with E-state index in [9.17, 15) is 0 Å². The molecule has 0 aliphatic carbocycles. The van der Waals surface area contributed by atoms with E-state index in [0.29, 0.717) is 0 Å². The minimum atomic E-state index is 0.727. The number of aryl methyl sites for hydroxylation is 1. The van der Waals surface area contributed by atoms with Crippen molar-refractivity contribution in [2.45, 2.75) is 6.92 Å². The van der Waals surface area contributed by atoms with E-state index in [4.69, 9.17) is 11.5 Å². The molecule has 0 unspecified atom stereocenters. The molecule has 0 bridgehead atoms. The van der Waals surface area contributed by atoms with Gasteiger partial charge in [0.1, 0.15) is 0 Å². The first-order chi connectivity index (χ1) is 6.24. The predicted molar refractivity (Wildman–Crippen MR) is 56.7 cm³/mol. The van der Waals surface area contributed by atoms with Crippen molar-refractivity contribution in [3.8, 4) is 0 Å². The fourth-order valence-electron chi connectivity index (χ4n) is 1.08. The van der Waals surface area contributed by atoms with Crippen LogP contribution in [0.5, 0.6) is 0 Å². The van der Waals surface area contributed by atoms with Crippen molar-refractivity contribution in [3.63, 3.8) is 0 Å². The van der Waals surface area contributed by atoms with Crippen molar-refractivity contribution in [1.29, 1.82) is 0 Å². The average Bonchev–Trinajstić information content (AvgIpc) is 2.14. The Balaban J connectivity index is 2.94. The van der Waals surface area contributed by atoms with E-state index in [1.54, 1.807) is 12.2 Å². The van der Waals surface area contributed by atoms with Gasteiger partial charge in [-0.15, -0.1) is 0 Å². The highest BCUT2D eigenvalue weighted by Crippen LogP contribution is 2.10. The van der Waals surface area contributed by atoms with Crippen molar-refractivity contribution < 1.29 is 0 Å². The van der Waals surface area contributed by atoms with Gasteiger partial charge in [0.05, 0.1) is 0 Å². The van der Waals surface area contributed by atoms with Crippen LogP contribution in [0.25, 0.3) is 5.70 Å². The molecule has 0 fully saturated rings. The summed E-state index contributed by atoms with van der Waals surface area (Å²) in [7, 11) is 0. The van der Waals surface area contributed by atoms with Crippen LogP contribution in [0.15, 0.2) is 42.6 Å². The van der Waals surface area contributed by atoms with Gasteiger partial charge in [0.25, 0.3) is 0 Å². The molecule has 4 N–H and O–H groups in total. The Hall–Kier alpha value is -1.70. The summed E-state index contributed by atoms with van der Waals surface area (Å²) in [6.45, 7) is 2.04. The van der Waals surface area contributed by atoms with Gasteiger partial charge in [0.15, 0.2) is 0 Å². The number of allylic oxidation sites excluding steroid dienone is 2. The monoisotopic (exact) mass is 174 g/mol. The Morgan fingerprint density at radius 3 is 2.77 bits per heavy atom. The first-order valence-corrected chi connectivity index (χ1v) is 4.15. The molecular formula is C11H14N2. The largest absolute Gasteiger partial charge is 0.405 e. The minimum absolute atomic E-state index is 0.727. The van der Waals surface area contributed by atoms with Crippen molar-refractivity contribution in [3.05, 3.63) is 53.7 Å². The van der Waals surface area contributed by atoms with E-state index in [1.165, 1.54) is 11.8 Å². The third-order valence-corrected chi connectivity index (χ3v) is 1.74. The van der Waals surface area contributed by atoms with Crippen LogP contribution in [0.3, 0.4) is 0 Å². The van der Waals surface area contributed by atoms with Crippen molar-refractivity contribution in [2.24, 2.45) is 11.5 Å². The van der Waals surface area contributed by atoms with Crippen molar-refractivity contribution in [2.75, 3.05) is 0 Å². The Kier molecular flexibility index (Phi) is 3.15. The SMILES string of the molecule is Cc1cccc(/C(N)=C/C=C\N)c1. The van der Waals surface area contributed by atoms with E-state index < -0.39 is 0 Å². The zero-order chi connectivity index (χ0) is 9.68. The smallest absolute Gasteiger partial charge is 0.0388 e. The molecule has 2 nitrogen and oxygen atoms in total. The molecule has 1 aromatic carbocycles. The van der Waals surface area contributed by atoms with E-state index in [0.717, 1.165) is 11.3 Å². The number of rotatable bonds is 2. The Morgan fingerprint density at radius 2 is 2.15 bits per heavy atom. The molecule has 0 heterocycles. The average molecular weight is 174 g/mol. The molecule has 0 spiro atoms. The quantitative estimate of drug-likeness (QED) is 0.671. The lowest BCUT2D eigenvalue weighted by Crippen LogP contribution is -1.95. The molecular weight excluding hydrogens is 160 g/mol. The Morgan fingerprint density at radius 1 is 1.38 bits per heavy atom. The van der Waals surface area contributed by atoms with Gasteiger partial charge >= 0.3 is 0 Å². The molecule has 0 aliphatic heterocycles. The molecule has 0 saturated carbocycles. The molecule has 68 valence electrons. The summed E-state index contributed by atoms with van der Waals surface area (Å²) in [5, 5.41) is 0. The summed E-state index contributed by atoms with van der Waals surface area (Å²) in [4.78, 5) is 0. The second-order valence-corrected chi connectivity index (χ2v) is 2.88. The van der Waals surface area contributed by atoms with Crippen LogP contribution in [-0.2, 0) is 0 Å². The van der Waals surface area contributed by atoms with Crippen LogP contribution in [0.4, 0.5) is 0 Å². The third-order valence-electron chi connectivity index (χ3n) is 1.74. The van der Waals surface area contributed by atoms with E-state index in [2.05, 4.69) is 0 Å². The first-order valence-electron chi connectivity index (χ1n) is 4.15. The highest BCUT2D eigenvalue weighted by atomic mass is 14.6. The highest BCUT2D eigenvalue weighted by Gasteiger charge is 1.93. The number of nitrogens with two attached hydrogens (primary N) is 2. The molecule has 13 heavy (non-hydrogen) atoms. The third kappa shape index (κ3) is 2.67. The summed E-state index contributed by atoms with van der Waals surface area (Å²) in [6.07, 6.45) is 4.97. The van der Waals surface area contributed by atoms with Gasteiger partial charge in [-0.1, -0.05) is 23.8 Å². The topological polar surface area (TPSA) is 52.0 Å². The van der Waals surface area contributed by atoms with Gasteiger partial charge in [0.2, 0.25) is 0 Å². The van der Waals surface area contributed by atoms with E-state index in [-0.39, 0.29) is 0 Å². The normalized spacial score (nSPS) is 12.2. The molecule has 0 radical (unpaired) electrons. The molecule has 1 rings (SSSR count). The van der Waals surface area contributed by atoms with Crippen LogP contribution in [-0.4, -0.2) is 0 Å². The molecule has 2 heteroatoms. The van der Waals surface area contributed by atoms with Gasteiger partial charge in [-0.25, -0.2) is 0 Å². The van der Waals surface area contributed by atoms with Crippen LogP contribution >= 0.6 is 0 Å².